The first kappa shape index (κ1) is 21.0. The number of amides is 2. The highest BCUT2D eigenvalue weighted by Gasteiger charge is 2.51. The maximum atomic E-state index is 13.4. The maximum absolute atomic E-state index is 13.4. The zero-order valence-corrected chi connectivity index (χ0v) is 16.3. The van der Waals surface area contributed by atoms with Gasteiger partial charge in [-0.05, 0) is 23.6 Å². The third-order valence-corrected chi connectivity index (χ3v) is 5.62. The van der Waals surface area contributed by atoms with Gasteiger partial charge in [0.05, 0.1) is 25.2 Å². The minimum absolute atomic E-state index is 0.177. The zero-order chi connectivity index (χ0) is 21.1. The summed E-state index contributed by atoms with van der Waals surface area (Å²) in [6, 6.07) is 16.8. The van der Waals surface area contributed by atoms with E-state index < -0.39 is 36.7 Å². The van der Waals surface area contributed by atoms with E-state index in [0.29, 0.717) is 6.42 Å². The topological polar surface area (TPSA) is 110 Å². The Kier molecular flexibility index (Phi) is 6.02. The Morgan fingerprint density at radius 1 is 1.00 bits per heavy atom. The van der Waals surface area contributed by atoms with Gasteiger partial charge in [-0.25, -0.2) is 0 Å². The van der Waals surface area contributed by atoms with Gasteiger partial charge in [-0.15, -0.1) is 0 Å². The summed E-state index contributed by atoms with van der Waals surface area (Å²) >= 11 is 0. The number of hydrogen-bond donors (Lipinski definition) is 4. The van der Waals surface area contributed by atoms with Crippen LogP contribution < -0.4 is 10.2 Å². The highest BCUT2D eigenvalue weighted by atomic mass is 16.3. The Bertz CT molecular complexity index is 874. The molecule has 0 saturated carbocycles. The second-order valence-corrected chi connectivity index (χ2v) is 7.61. The number of fused-ring (bicyclic) bond motifs is 1. The van der Waals surface area contributed by atoms with Gasteiger partial charge in [0.2, 0.25) is 11.8 Å². The van der Waals surface area contributed by atoms with Crippen molar-refractivity contribution in [3.05, 3.63) is 65.7 Å². The predicted molar refractivity (Wildman–Crippen MR) is 108 cm³/mol. The normalized spacial score (nSPS) is 18.6. The van der Waals surface area contributed by atoms with E-state index >= 15 is 0 Å². The van der Waals surface area contributed by atoms with E-state index in [4.69, 9.17) is 0 Å². The van der Waals surface area contributed by atoms with Crippen LogP contribution in [0.1, 0.15) is 17.5 Å². The van der Waals surface area contributed by atoms with Crippen molar-refractivity contribution in [3.63, 3.8) is 0 Å². The molecule has 2 aromatic carbocycles. The Morgan fingerprint density at radius 2 is 1.59 bits per heavy atom. The summed E-state index contributed by atoms with van der Waals surface area (Å²) in [6.07, 6.45) is 0.148. The smallest absolute Gasteiger partial charge is 0.238 e. The van der Waals surface area contributed by atoms with E-state index in [9.17, 15) is 24.9 Å². The number of rotatable bonds is 8. The molecule has 0 spiro atoms. The number of aliphatic hydroxyl groups is 3. The van der Waals surface area contributed by atoms with Crippen molar-refractivity contribution < 1.29 is 24.9 Å². The van der Waals surface area contributed by atoms with Crippen LogP contribution in [0, 0.1) is 0 Å². The number of aliphatic hydroxyl groups excluding tert-OH is 3. The molecule has 0 unspecified atom stereocenters. The number of carbonyl (C=O) groups is 2. The van der Waals surface area contributed by atoms with Crippen molar-refractivity contribution in [1.29, 1.82) is 0 Å². The molecule has 2 amide bonds. The van der Waals surface area contributed by atoms with Crippen LogP contribution in [0.5, 0.6) is 0 Å². The quantitative estimate of drug-likeness (QED) is 0.514. The number of para-hydroxylation sites is 1. The monoisotopic (exact) mass is 398 g/mol. The fraction of sp³-hybridized carbons (Fsp3) is 0.364. The van der Waals surface area contributed by atoms with Crippen LogP contribution in [0.15, 0.2) is 54.6 Å². The molecule has 7 nitrogen and oxygen atoms in total. The third-order valence-electron chi connectivity index (χ3n) is 5.62. The van der Waals surface area contributed by atoms with Crippen molar-refractivity contribution in [2.45, 2.75) is 23.8 Å². The molecule has 0 aliphatic carbocycles. The van der Waals surface area contributed by atoms with E-state index in [2.05, 4.69) is 5.32 Å². The molecule has 2 aromatic rings. The molecule has 29 heavy (non-hydrogen) atoms. The van der Waals surface area contributed by atoms with E-state index in [1.54, 1.807) is 11.9 Å². The Hall–Kier alpha value is -2.74. The van der Waals surface area contributed by atoms with Crippen LogP contribution in [0.2, 0.25) is 0 Å². The SMILES string of the molecule is CN1C(=O)[C@@](CC(=O)NC(CO)(CO)CO)(Cc2ccccc2)c2ccccc21. The summed E-state index contributed by atoms with van der Waals surface area (Å²) in [6.45, 7) is -1.87. The lowest BCUT2D eigenvalue weighted by atomic mass is 9.73. The van der Waals surface area contributed by atoms with E-state index in [-0.39, 0.29) is 12.3 Å². The molecule has 1 atom stereocenters. The molecule has 0 saturated heterocycles. The Balaban J connectivity index is 2.01. The highest BCUT2D eigenvalue weighted by molar-refractivity contribution is 6.10. The van der Waals surface area contributed by atoms with Crippen LogP contribution in [-0.2, 0) is 21.4 Å². The van der Waals surface area contributed by atoms with Gasteiger partial charge < -0.3 is 25.5 Å². The first-order valence-electron chi connectivity index (χ1n) is 9.46. The second kappa shape index (κ2) is 8.32. The zero-order valence-electron chi connectivity index (χ0n) is 16.3. The number of nitrogens with one attached hydrogen (secondary N) is 1. The molecule has 3 rings (SSSR count). The summed E-state index contributed by atoms with van der Waals surface area (Å²) < 4.78 is 0. The van der Waals surface area contributed by atoms with Gasteiger partial charge in [0.1, 0.15) is 5.54 Å². The number of likely N-dealkylation sites (N-methyl/N-ethyl adjacent to an activating group) is 1. The molecule has 0 fully saturated rings. The van der Waals surface area contributed by atoms with Crippen LogP contribution in [-0.4, -0.2) is 59.5 Å². The molecule has 7 heteroatoms. The van der Waals surface area contributed by atoms with Gasteiger partial charge in [0.15, 0.2) is 0 Å². The van der Waals surface area contributed by atoms with Crippen LogP contribution >= 0.6 is 0 Å². The number of carbonyl (C=O) groups excluding carboxylic acids is 2. The highest BCUT2D eigenvalue weighted by Crippen LogP contribution is 2.45. The molecule has 154 valence electrons. The third kappa shape index (κ3) is 3.76. The van der Waals surface area contributed by atoms with Crippen molar-refractivity contribution in [2.75, 3.05) is 31.8 Å². The van der Waals surface area contributed by atoms with Crippen molar-refractivity contribution in [3.8, 4) is 0 Å². The fourth-order valence-corrected chi connectivity index (χ4v) is 3.95. The predicted octanol–water partition coefficient (Wildman–Crippen LogP) is 0.366. The summed E-state index contributed by atoms with van der Waals surface area (Å²) in [5, 5.41) is 31.1. The molecule has 0 bridgehead atoms. The molecule has 1 aliphatic heterocycles. The average Bonchev–Trinajstić information content (AvgIpc) is 2.95. The lowest BCUT2D eigenvalue weighted by Gasteiger charge is -2.32. The molecule has 0 radical (unpaired) electrons. The Labute approximate surface area is 169 Å². The van der Waals surface area contributed by atoms with Crippen molar-refractivity contribution in [2.24, 2.45) is 0 Å². The van der Waals surface area contributed by atoms with Gasteiger partial charge in [-0.2, -0.15) is 0 Å². The van der Waals surface area contributed by atoms with Crippen molar-refractivity contribution in [1.82, 2.24) is 5.32 Å². The molecular weight excluding hydrogens is 372 g/mol. The van der Waals surface area contributed by atoms with Crippen LogP contribution in [0.25, 0.3) is 0 Å². The van der Waals surface area contributed by atoms with E-state index in [1.165, 1.54) is 0 Å². The van der Waals surface area contributed by atoms with Gasteiger partial charge >= 0.3 is 0 Å². The number of benzene rings is 2. The number of nitrogens with zero attached hydrogens (tertiary/aromatic N) is 1. The second-order valence-electron chi connectivity index (χ2n) is 7.61. The number of anilines is 1. The summed E-state index contributed by atoms with van der Waals surface area (Å²) in [4.78, 5) is 27.9. The molecular formula is C22H26N2O5. The molecule has 1 aliphatic rings. The van der Waals surface area contributed by atoms with Gasteiger partial charge in [0.25, 0.3) is 0 Å². The summed E-state index contributed by atoms with van der Waals surface area (Å²) in [5.41, 5.74) is -0.245. The van der Waals surface area contributed by atoms with Crippen LogP contribution in [0.4, 0.5) is 5.69 Å². The summed E-state index contributed by atoms with van der Waals surface area (Å²) in [5.74, 6) is -0.725. The van der Waals surface area contributed by atoms with Crippen LogP contribution in [0.3, 0.4) is 0 Å². The molecule has 0 aromatic heterocycles. The summed E-state index contributed by atoms with van der Waals surface area (Å²) in [7, 11) is 1.69. The lowest BCUT2D eigenvalue weighted by Crippen LogP contribution is -2.58. The molecule has 4 N–H and O–H groups in total. The van der Waals surface area contributed by atoms with E-state index in [0.717, 1.165) is 16.8 Å². The largest absolute Gasteiger partial charge is 0.394 e. The van der Waals surface area contributed by atoms with Gasteiger partial charge in [-0.3, -0.25) is 9.59 Å². The fourth-order valence-electron chi connectivity index (χ4n) is 3.95. The Morgan fingerprint density at radius 3 is 2.21 bits per heavy atom. The average molecular weight is 398 g/mol. The number of hydrogen-bond acceptors (Lipinski definition) is 5. The standard InChI is InChI=1S/C22H26N2O5/c1-24-18-10-6-5-9-17(18)22(20(24)29,11-16-7-3-2-4-8-16)12-19(28)23-21(13-25,14-26)15-27/h2-10,25-27H,11-15H2,1H3,(H,23,28)/t22-/m1/s1. The minimum atomic E-state index is -1.54. The first-order chi connectivity index (χ1) is 13.9. The molecule has 1 heterocycles. The lowest BCUT2D eigenvalue weighted by molar-refractivity contribution is -0.132. The van der Waals surface area contributed by atoms with Crippen molar-refractivity contribution >= 4 is 17.5 Å². The van der Waals surface area contributed by atoms with E-state index in [1.807, 2.05) is 54.6 Å². The van der Waals surface area contributed by atoms with Gasteiger partial charge in [0, 0.05) is 19.2 Å². The van der Waals surface area contributed by atoms with Gasteiger partial charge in [-0.1, -0.05) is 48.5 Å². The minimum Gasteiger partial charge on any atom is -0.394 e. The first-order valence-corrected chi connectivity index (χ1v) is 9.46. The maximum Gasteiger partial charge on any atom is 0.238 e.